The van der Waals surface area contributed by atoms with Crippen molar-refractivity contribution in [3.05, 3.63) is 67.4 Å². The van der Waals surface area contributed by atoms with E-state index in [9.17, 15) is 4.79 Å². The number of fused-ring (bicyclic) bond motifs is 2. The summed E-state index contributed by atoms with van der Waals surface area (Å²) >= 11 is 0. The minimum absolute atomic E-state index is 0.00300. The highest BCUT2D eigenvalue weighted by Crippen LogP contribution is 2.27. The smallest absolute Gasteiger partial charge is 0.227 e. The van der Waals surface area contributed by atoms with Crippen molar-refractivity contribution in [2.24, 2.45) is 5.92 Å². The Morgan fingerprint density at radius 1 is 0.966 bits per heavy atom. The lowest BCUT2D eigenvalue weighted by atomic mass is 9.95. The zero-order valence-electron chi connectivity index (χ0n) is 16.0. The van der Waals surface area contributed by atoms with E-state index in [4.69, 9.17) is 0 Å². The van der Waals surface area contributed by atoms with E-state index in [0.717, 1.165) is 59.0 Å². The molecule has 4 heterocycles. The molecule has 0 aliphatic carbocycles. The SMILES string of the molecule is O=C(Nc1cncc2cnccc12)C1CCN(c2cnc3ccccc3c2)CC1. The maximum Gasteiger partial charge on any atom is 0.227 e. The van der Waals surface area contributed by atoms with Crippen molar-refractivity contribution in [2.75, 3.05) is 23.3 Å². The number of aromatic nitrogens is 3. The molecule has 4 aromatic rings. The van der Waals surface area contributed by atoms with Gasteiger partial charge in [-0.25, -0.2) is 0 Å². The van der Waals surface area contributed by atoms with Gasteiger partial charge < -0.3 is 10.2 Å². The number of piperidine rings is 1. The maximum absolute atomic E-state index is 12.8. The van der Waals surface area contributed by atoms with Crippen LogP contribution in [-0.2, 0) is 4.79 Å². The molecule has 1 saturated heterocycles. The molecule has 0 unspecified atom stereocenters. The summed E-state index contributed by atoms with van der Waals surface area (Å²) in [6.45, 7) is 1.69. The van der Waals surface area contributed by atoms with Crippen LogP contribution in [0.25, 0.3) is 21.7 Å². The fraction of sp³-hybridized carbons (Fsp3) is 0.217. The molecule has 0 atom stereocenters. The number of rotatable bonds is 3. The van der Waals surface area contributed by atoms with Crippen molar-refractivity contribution < 1.29 is 4.79 Å². The molecular formula is C23H21N5O. The van der Waals surface area contributed by atoms with Gasteiger partial charge in [0.05, 0.1) is 29.3 Å². The summed E-state index contributed by atoms with van der Waals surface area (Å²) < 4.78 is 0. The highest BCUT2D eigenvalue weighted by Gasteiger charge is 2.25. The van der Waals surface area contributed by atoms with E-state index in [1.807, 2.05) is 30.5 Å². The molecule has 1 fully saturated rings. The first-order valence-electron chi connectivity index (χ1n) is 9.86. The predicted molar refractivity (Wildman–Crippen MR) is 115 cm³/mol. The van der Waals surface area contributed by atoms with Crippen LogP contribution < -0.4 is 10.2 Å². The van der Waals surface area contributed by atoms with E-state index in [2.05, 4.69) is 37.3 Å². The zero-order valence-corrected chi connectivity index (χ0v) is 16.0. The van der Waals surface area contributed by atoms with E-state index < -0.39 is 0 Å². The highest BCUT2D eigenvalue weighted by molar-refractivity contribution is 6.02. The first kappa shape index (κ1) is 17.6. The molecular weight excluding hydrogens is 362 g/mol. The topological polar surface area (TPSA) is 71.0 Å². The number of pyridine rings is 3. The Bertz CT molecular complexity index is 1180. The lowest BCUT2D eigenvalue weighted by molar-refractivity contribution is -0.120. The summed E-state index contributed by atoms with van der Waals surface area (Å²) in [7, 11) is 0. The molecule has 144 valence electrons. The van der Waals surface area contributed by atoms with Crippen molar-refractivity contribution in [3.8, 4) is 0 Å². The summed E-state index contributed by atoms with van der Waals surface area (Å²) in [6, 6.07) is 12.2. The van der Waals surface area contributed by atoms with E-state index in [1.165, 1.54) is 0 Å². The van der Waals surface area contributed by atoms with Crippen LogP contribution in [0.15, 0.2) is 67.4 Å². The Morgan fingerprint density at radius 2 is 1.79 bits per heavy atom. The maximum atomic E-state index is 12.8. The van der Waals surface area contributed by atoms with Crippen LogP contribution in [0.4, 0.5) is 11.4 Å². The molecule has 0 bridgehead atoms. The van der Waals surface area contributed by atoms with Gasteiger partial charge in [-0.1, -0.05) is 18.2 Å². The van der Waals surface area contributed by atoms with Gasteiger partial charge >= 0.3 is 0 Å². The summed E-state index contributed by atoms with van der Waals surface area (Å²) in [4.78, 5) is 28.1. The predicted octanol–water partition coefficient (Wildman–Crippen LogP) is 4.03. The van der Waals surface area contributed by atoms with E-state index in [0.29, 0.717) is 0 Å². The summed E-state index contributed by atoms with van der Waals surface area (Å²) in [5.74, 6) is 0.0594. The van der Waals surface area contributed by atoms with Crippen LogP contribution in [0.3, 0.4) is 0 Å². The van der Waals surface area contributed by atoms with Gasteiger partial charge in [0.1, 0.15) is 0 Å². The number of nitrogens with zero attached hydrogens (tertiary/aromatic N) is 4. The minimum atomic E-state index is -0.00300. The fourth-order valence-corrected chi connectivity index (χ4v) is 3.98. The Kier molecular flexibility index (Phi) is 4.52. The number of anilines is 2. The number of benzene rings is 1. The molecule has 1 amide bonds. The number of hydrogen-bond acceptors (Lipinski definition) is 5. The average molecular weight is 383 g/mol. The van der Waals surface area contributed by atoms with Gasteiger partial charge in [0, 0.05) is 53.8 Å². The lowest BCUT2D eigenvalue weighted by Gasteiger charge is -2.33. The van der Waals surface area contributed by atoms with E-state index >= 15 is 0 Å². The van der Waals surface area contributed by atoms with Crippen LogP contribution >= 0.6 is 0 Å². The van der Waals surface area contributed by atoms with Crippen molar-refractivity contribution in [1.29, 1.82) is 0 Å². The molecule has 0 saturated carbocycles. The Hall–Kier alpha value is -3.54. The molecule has 1 N–H and O–H groups in total. The first-order chi connectivity index (χ1) is 14.3. The number of para-hydroxylation sites is 1. The van der Waals surface area contributed by atoms with Crippen LogP contribution in [0.1, 0.15) is 12.8 Å². The molecule has 29 heavy (non-hydrogen) atoms. The molecule has 6 nitrogen and oxygen atoms in total. The van der Waals surface area contributed by atoms with Gasteiger partial charge in [-0.15, -0.1) is 0 Å². The van der Waals surface area contributed by atoms with Crippen LogP contribution in [0, 0.1) is 5.92 Å². The number of carbonyl (C=O) groups excluding carboxylic acids is 1. The summed E-state index contributed by atoms with van der Waals surface area (Å²) in [5.41, 5.74) is 2.87. The fourth-order valence-electron chi connectivity index (χ4n) is 3.98. The third-order valence-corrected chi connectivity index (χ3v) is 5.62. The molecule has 1 aromatic carbocycles. The van der Waals surface area contributed by atoms with Crippen LogP contribution in [0.2, 0.25) is 0 Å². The molecule has 3 aromatic heterocycles. The number of amides is 1. The monoisotopic (exact) mass is 383 g/mol. The van der Waals surface area contributed by atoms with Crippen molar-refractivity contribution in [2.45, 2.75) is 12.8 Å². The van der Waals surface area contributed by atoms with E-state index in [1.54, 1.807) is 24.8 Å². The van der Waals surface area contributed by atoms with Crippen molar-refractivity contribution in [1.82, 2.24) is 15.0 Å². The number of carbonyl (C=O) groups is 1. The minimum Gasteiger partial charge on any atom is -0.370 e. The summed E-state index contributed by atoms with van der Waals surface area (Å²) in [6.07, 6.45) is 10.5. The zero-order chi connectivity index (χ0) is 19.6. The number of nitrogens with one attached hydrogen (secondary N) is 1. The molecule has 0 spiro atoms. The van der Waals surface area contributed by atoms with Gasteiger partial charge in [0.15, 0.2) is 0 Å². The average Bonchev–Trinajstić information content (AvgIpc) is 2.79. The second kappa shape index (κ2) is 7.47. The molecule has 5 rings (SSSR count). The van der Waals surface area contributed by atoms with Gasteiger partial charge in [-0.2, -0.15) is 0 Å². The number of hydrogen-bond donors (Lipinski definition) is 1. The normalized spacial score (nSPS) is 15.0. The summed E-state index contributed by atoms with van der Waals surface area (Å²) in [5, 5.41) is 6.10. The van der Waals surface area contributed by atoms with Gasteiger partial charge in [-0.3, -0.25) is 19.7 Å². The molecule has 6 heteroatoms. The van der Waals surface area contributed by atoms with E-state index in [-0.39, 0.29) is 11.8 Å². The lowest BCUT2D eigenvalue weighted by Crippen LogP contribution is -2.38. The Morgan fingerprint density at radius 3 is 2.69 bits per heavy atom. The Labute approximate surface area is 168 Å². The third kappa shape index (κ3) is 3.49. The second-order valence-corrected chi connectivity index (χ2v) is 7.42. The van der Waals surface area contributed by atoms with Crippen molar-refractivity contribution in [3.63, 3.8) is 0 Å². The van der Waals surface area contributed by atoms with Crippen molar-refractivity contribution >= 4 is 39.0 Å². The molecule has 0 radical (unpaired) electrons. The van der Waals surface area contributed by atoms with Crippen LogP contribution in [0.5, 0.6) is 0 Å². The largest absolute Gasteiger partial charge is 0.370 e. The third-order valence-electron chi connectivity index (χ3n) is 5.62. The second-order valence-electron chi connectivity index (χ2n) is 7.42. The van der Waals surface area contributed by atoms with Gasteiger partial charge in [0.25, 0.3) is 0 Å². The quantitative estimate of drug-likeness (QED) is 0.578. The van der Waals surface area contributed by atoms with Gasteiger partial charge in [0.2, 0.25) is 5.91 Å². The molecule has 1 aliphatic heterocycles. The first-order valence-corrected chi connectivity index (χ1v) is 9.86. The Balaban J connectivity index is 1.26. The van der Waals surface area contributed by atoms with Gasteiger partial charge in [-0.05, 0) is 31.0 Å². The highest BCUT2D eigenvalue weighted by atomic mass is 16.1. The standard InChI is InChI=1S/C23H21N5O/c29-23(27-22-15-25-13-18-12-24-8-5-20(18)22)16-6-9-28(10-7-16)19-11-17-3-1-2-4-21(17)26-14-19/h1-5,8,11-16H,6-7,9-10H2,(H,27,29). The van der Waals surface area contributed by atoms with Crippen LogP contribution in [-0.4, -0.2) is 33.9 Å². The molecule has 1 aliphatic rings.